The molecule has 2 rings (SSSR count). The molecule has 0 aliphatic rings. The quantitative estimate of drug-likeness (QED) is 0.821. The highest BCUT2D eigenvalue weighted by molar-refractivity contribution is 7.18. The highest BCUT2D eigenvalue weighted by Crippen LogP contribution is 2.27. The van der Waals surface area contributed by atoms with E-state index in [0.717, 1.165) is 16.9 Å². The lowest BCUT2D eigenvalue weighted by Crippen LogP contribution is -2.19. The van der Waals surface area contributed by atoms with Gasteiger partial charge in [-0.3, -0.25) is 4.79 Å². The van der Waals surface area contributed by atoms with E-state index < -0.39 is 17.7 Å². The van der Waals surface area contributed by atoms with E-state index in [9.17, 15) is 14.0 Å². The van der Waals surface area contributed by atoms with Gasteiger partial charge in [-0.2, -0.15) is 0 Å². The lowest BCUT2D eigenvalue weighted by atomic mass is 10.3. The van der Waals surface area contributed by atoms with Crippen LogP contribution in [0.1, 0.15) is 22.2 Å². The molecule has 0 saturated heterocycles. The van der Waals surface area contributed by atoms with Crippen LogP contribution in [0, 0.1) is 12.7 Å². The zero-order valence-corrected chi connectivity index (χ0v) is 13.5. The molecule has 0 unspecified atom stereocenters. The highest BCUT2D eigenvalue weighted by Gasteiger charge is 2.16. The summed E-state index contributed by atoms with van der Waals surface area (Å²) in [4.78, 5) is 24.0. The van der Waals surface area contributed by atoms with E-state index >= 15 is 0 Å². The Labute approximate surface area is 137 Å². The minimum absolute atomic E-state index is 0.0113. The Hall–Kier alpha value is -2.41. The number of rotatable bonds is 6. The van der Waals surface area contributed by atoms with Gasteiger partial charge in [0.05, 0.1) is 11.6 Å². The van der Waals surface area contributed by atoms with Crippen molar-refractivity contribution in [3.05, 3.63) is 46.6 Å². The van der Waals surface area contributed by atoms with Gasteiger partial charge in [-0.1, -0.05) is 12.1 Å². The van der Waals surface area contributed by atoms with Gasteiger partial charge in [0, 0.05) is 0 Å². The first-order valence-corrected chi connectivity index (χ1v) is 7.77. The number of anilines is 1. The standard InChI is InChI=1S/C16H16FNO4S/c1-3-21-16(20)15-10(2)8-14(23-15)18-13(19)9-22-12-7-5-4-6-11(12)17/h4-8H,3,9H2,1-2H3,(H,18,19). The van der Waals surface area contributed by atoms with E-state index in [1.165, 1.54) is 18.2 Å². The molecule has 1 aromatic carbocycles. The van der Waals surface area contributed by atoms with Crippen molar-refractivity contribution >= 4 is 28.2 Å². The fourth-order valence-electron chi connectivity index (χ4n) is 1.82. The molecule has 0 aliphatic heterocycles. The Morgan fingerprint density at radius 1 is 1.30 bits per heavy atom. The fraction of sp³-hybridized carbons (Fsp3) is 0.250. The van der Waals surface area contributed by atoms with Crippen molar-refractivity contribution < 1.29 is 23.5 Å². The third-order valence-corrected chi connectivity index (χ3v) is 3.97. The van der Waals surface area contributed by atoms with Crippen molar-refractivity contribution in [2.45, 2.75) is 13.8 Å². The molecule has 1 aromatic heterocycles. The van der Waals surface area contributed by atoms with Gasteiger partial charge in [0.25, 0.3) is 5.91 Å². The maximum atomic E-state index is 13.4. The van der Waals surface area contributed by atoms with Crippen LogP contribution in [-0.2, 0) is 9.53 Å². The second-order valence-corrected chi connectivity index (χ2v) is 5.66. The average molecular weight is 337 g/mol. The first-order valence-electron chi connectivity index (χ1n) is 6.96. The summed E-state index contributed by atoms with van der Waals surface area (Å²) in [7, 11) is 0. The Morgan fingerprint density at radius 3 is 2.74 bits per heavy atom. The van der Waals surface area contributed by atoms with E-state index in [0.29, 0.717) is 9.88 Å². The van der Waals surface area contributed by atoms with Gasteiger partial charge in [-0.25, -0.2) is 9.18 Å². The van der Waals surface area contributed by atoms with Gasteiger partial charge in [0.15, 0.2) is 18.2 Å². The molecule has 23 heavy (non-hydrogen) atoms. The minimum atomic E-state index is -0.531. The molecule has 1 heterocycles. The van der Waals surface area contributed by atoms with Gasteiger partial charge in [-0.05, 0) is 37.6 Å². The smallest absolute Gasteiger partial charge is 0.348 e. The number of carbonyl (C=O) groups is 2. The molecule has 0 atom stereocenters. The predicted molar refractivity (Wildman–Crippen MR) is 85.5 cm³/mol. The number of benzene rings is 1. The normalized spacial score (nSPS) is 10.2. The monoisotopic (exact) mass is 337 g/mol. The molecule has 7 heteroatoms. The Morgan fingerprint density at radius 2 is 2.04 bits per heavy atom. The number of hydrogen-bond donors (Lipinski definition) is 1. The average Bonchev–Trinajstić information content (AvgIpc) is 2.87. The number of hydrogen-bond acceptors (Lipinski definition) is 5. The molecule has 0 radical (unpaired) electrons. The minimum Gasteiger partial charge on any atom is -0.481 e. The molecule has 0 spiro atoms. The van der Waals surface area contributed by atoms with Gasteiger partial charge in [0.2, 0.25) is 0 Å². The van der Waals surface area contributed by atoms with Crippen LogP contribution in [-0.4, -0.2) is 25.1 Å². The third-order valence-electron chi connectivity index (χ3n) is 2.84. The number of nitrogens with one attached hydrogen (secondary N) is 1. The molecule has 0 saturated carbocycles. The van der Waals surface area contributed by atoms with Crippen molar-refractivity contribution in [3.8, 4) is 5.75 Å². The van der Waals surface area contributed by atoms with Gasteiger partial charge < -0.3 is 14.8 Å². The summed E-state index contributed by atoms with van der Waals surface area (Å²) in [5, 5.41) is 3.12. The number of amides is 1. The fourth-order valence-corrected chi connectivity index (χ4v) is 2.80. The van der Waals surface area contributed by atoms with Crippen LogP contribution in [0.3, 0.4) is 0 Å². The Kier molecular flexibility index (Phi) is 5.70. The number of thiophene rings is 1. The summed E-state index contributed by atoms with van der Waals surface area (Å²) in [5.74, 6) is -1.38. The number of halogens is 1. The van der Waals surface area contributed by atoms with Crippen LogP contribution in [0.15, 0.2) is 30.3 Å². The topological polar surface area (TPSA) is 64.6 Å². The number of esters is 1. The molecule has 0 bridgehead atoms. The maximum absolute atomic E-state index is 13.4. The van der Waals surface area contributed by atoms with Gasteiger partial charge >= 0.3 is 5.97 Å². The van der Waals surface area contributed by atoms with Crippen molar-refractivity contribution in [2.75, 3.05) is 18.5 Å². The second kappa shape index (κ2) is 7.73. The molecule has 2 aromatic rings. The SMILES string of the molecule is CCOC(=O)c1sc(NC(=O)COc2ccccc2F)cc1C. The zero-order valence-electron chi connectivity index (χ0n) is 12.7. The van der Waals surface area contributed by atoms with Crippen molar-refractivity contribution in [2.24, 2.45) is 0 Å². The lowest BCUT2D eigenvalue weighted by molar-refractivity contribution is -0.118. The van der Waals surface area contributed by atoms with Crippen molar-refractivity contribution in [3.63, 3.8) is 0 Å². The molecule has 1 amide bonds. The third kappa shape index (κ3) is 4.53. The molecule has 5 nitrogen and oxygen atoms in total. The number of aryl methyl sites for hydroxylation is 1. The number of ether oxygens (including phenoxy) is 2. The maximum Gasteiger partial charge on any atom is 0.348 e. The van der Waals surface area contributed by atoms with E-state index in [-0.39, 0.29) is 19.0 Å². The summed E-state index contributed by atoms with van der Waals surface area (Å²) in [6.07, 6.45) is 0. The van der Waals surface area contributed by atoms with Gasteiger partial charge in [0.1, 0.15) is 4.88 Å². The van der Waals surface area contributed by atoms with Gasteiger partial charge in [-0.15, -0.1) is 11.3 Å². The summed E-state index contributed by atoms with van der Waals surface area (Å²) in [6, 6.07) is 7.52. The van der Waals surface area contributed by atoms with Crippen LogP contribution in [0.5, 0.6) is 5.75 Å². The molecule has 0 aliphatic carbocycles. The first kappa shape index (κ1) is 17.0. The zero-order chi connectivity index (χ0) is 16.8. The number of para-hydroxylation sites is 1. The van der Waals surface area contributed by atoms with E-state index in [1.807, 2.05) is 0 Å². The Balaban J connectivity index is 1.94. The molecule has 0 fully saturated rings. The van der Waals surface area contributed by atoms with Crippen LogP contribution in [0.4, 0.5) is 9.39 Å². The first-order chi connectivity index (χ1) is 11.0. The lowest BCUT2D eigenvalue weighted by Gasteiger charge is -2.06. The second-order valence-electron chi connectivity index (χ2n) is 4.61. The van der Waals surface area contributed by atoms with Crippen molar-refractivity contribution in [1.82, 2.24) is 0 Å². The predicted octanol–water partition coefficient (Wildman–Crippen LogP) is 3.39. The van der Waals surface area contributed by atoms with Crippen LogP contribution in [0.2, 0.25) is 0 Å². The summed E-state index contributed by atoms with van der Waals surface area (Å²) >= 11 is 1.12. The van der Waals surface area contributed by atoms with Crippen LogP contribution in [0.25, 0.3) is 0 Å². The van der Waals surface area contributed by atoms with E-state index in [1.54, 1.807) is 26.0 Å². The molecular weight excluding hydrogens is 321 g/mol. The Bertz CT molecular complexity index is 714. The molecular formula is C16H16FNO4S. The van der Waals surface area contributed by atoms with E-state index in [2.05, 4.69) is 5.32 Å². The summed E-state index contributed by atoms with van der Waals surface area (Å²) in [6.45, 7) is 3.44. The number of carbonyl (C=O) groups excluding carboxylic acids is 2. The summed E-state index contributed by atoms with van der Waals surface area (Å²) < 4.78 is 23.4. The molecule has 122 valence electrons. The van der Waals surface area contributed by atoms with E-state index in [4.69, 9.17) is 9.47 Å². The highest BCUT2D eigenvalue weighted by atomic mass is 32.1. The largest absolute Gasteiger partial charge is 0.481 e. The molecule has 1 N–H and O–H groups in total. The van der Waals surface area contributed by atoms with Crippen LogP contribution >= 0.6 is 11.3 Å². The summed E-state index contributed by atoms with van der Waals surface area (Å²) in [5.41, 5.74) is 0.721. The van der Waals surface area contributed by atoms with Crippen molar-refractivity contribution in [1.29, 1.82) is 0 Å². The van der Waals surface area contributed by atoms with Crippen LogP contribution < -0.4 is 10.1 Å².